The molecule has 1 fully saturated rings. The van der Waals surface area contributed by atoms with Crippen molar-refractivity contribution in [1.29, 1.82) is 0 Å². The molecule has 1 aliphatic heterocycles. The van der Waals surface area contributed by atoms with Crippen LogP contribution in [0.2, 0.25) is 0 Å². The van der Waals surface area contributed by atoms with Crippen molar-refractivity contribution in [2.24, 2.45) is 11.8 Å². The second kappa shape index (κ2) is 6.64. The third-order valence-corrected chi connectivity index (χ3v) is 5.44. The number of nitrogens with two attached hydrogens (primary N) is 1. The molecule has 2 heterocycles. The summed E-state index contributed by atoms with van der Waals surface area (Å²) in [6.45, 7) is 12.0. The summed E-state index contributed by atoms with van der Waals surface area (Å²) in [6.07, 6.45) is 1.09. The molecule has 1 unspecified atom stereocenters. The first-order valence-corrected chi connectivity index (χ1v) is 8.60. The molecule has 2 N–H and O–H groups in total. The van der Waals surface area contributed by atoms with Crippen LogP contribution in [0.4, 0.5) is 10.9 Å². The van der Waals surface area contributed by atoms with Crippen molar-refractivity contribution in [2.45, 2.75) is 34.1 Å². The number of hydrogen-bond donors (Lipinski definition) is 1. The summed E-state index contributed by atoms with van der Waals surface area (Å²) < 4.78 is 0. The predicted molar refractivity (Wildman–Crippen MR) is 88.9 cm³/mol. The minimum absolute atomic E-state index is 0.0477. The van der Waals surface area contributed by atoms with E-state index < -0.39 is 0 Å². The Bertz CT molecular complexity index is 496. The average molecular weight is 310 g/mol. The van der Waals surface area contributed by atoms with Crippen molar-refractivity contribution in [3.05, 3.63) is 4.88 Å². The van der Waals surface area contributed by atoms with Crippen molar-refractivity contribution < 1.29 is 4.79 Å². The number of carbonyl (C=O) groups excluding carboxylic acids is 1. The molecular formula is C15H26N4OS. The second-order valence-electron chi connectivity index (χ2n) is 5.93. The molecule has 0 spiro atoms. The summed E-state index contributed by atoms with van der Waals surface area (Å²) in [5, 5.41) is 0.848. The van der Waals surface area contributed by atoms with E-state index in [1.54, 1.807) is 0 Å². The van der Waals surface area contributed by atoms with Gasteiger partial charge in [-0.15, -0.1) is 0 Å². The van der Waals surface area contributed by atoms with Gasteiger partial charge in [0.25, 0.3) is 5.91 Å². The van der Waals surface area contributed by atoms with Gasteiger partial charge >= 0.3 is 0 Å². The van der Waals surface area contributed by atoms with E-state index >= 15 is 0 Å². The average Bonchev–Trinajstić information content (AvgIpc) is 3.07. The van der Waals surface area contributed by atoms with Crippen LogP contribution in [-0.2, 0) is 0 Å². The molecule has 0 saturated carbocycles. The first kappa shape index (κ1) is 16.1. The van der Waals surface area contributed by atoms with E-state index in [-0.39, 0.29) is 5.91 Å². The third kappa shape index (κ3) is 3.31. The van der Waals surface area contributed by atoms with Gasteiger partial charge in [0, 0.05) is 26.2 Å². The number of thiazole rings is 1. The van der Waals surface area contributed by atoms with Crippen molar-refractivity contribution in [1.82, 2.24) is 9.88 Å². The summed E-state index contributed by atoms with van der Waals surface area (Å²) in [5.74, 6) is 1.64. The van der Waals surface area contributed by atoms with E-state index in [0.29, 0.717) is 22.5 Å². The lowest BCUT2D eigenvalue weighted by Crippen LogP contribution is -2.29. The smallest absolute Gasteiger partial charge is 0.267 e. The van der Waals surface area contributed by atoms with Gasteiger partial charge in [0.2, 0.25) is 0 Å². The lowest BCUT2D eigenvalue weighted by molar-refractivity contribution is 0.0789. The zero-order chi connectivity index (χ0) is 15.6. The van der Waals surface area contributed by atoms with Crippen LogP contribution in [0.3, 0.4) is 0 Å². The number of nitrogen functional groups attached to an aromatic ring is 1. The Hall–Kier alpha value is -1.30. The maximum absolute atomic E-state index is 12.6. The summed E-state index contributed by atoms with van der Waals surface area (Å²) in [5.41, 5.74) is 5.98. The highest BCUT2D eigenvalue weighted by atomic mass is 32.1. The van der Waals surface area contributed by atoms with Crippen LogP contribution >= 0.6 is 11.3 Å². The molecule has 118 valence electrons. The largest absolute Gasteiger partial charge is 0.382 e. The fourth-order valence-electron chi connectivity index (χ4n) is 2.76. The molecule has 1 atom stereocenters. The molecule has 0 radical (unpaired) electrons. The molecule has 2 rings (SSSR count). The van der Waals surface area contributed by atoms with Gasteiger partial charge in [-0.25, -0.2) is 4.98 Å². The molecule has 0 bridgehead atoms. The molecule has 1 saturated heterocycles. The van der Waals surface area contributed by atoms with Crippen LogP contribution in [0.25, 0.3) is 0 Å². The Balaban J connectivity index is 2.13. The predicted octanol–water partition coefficient (Wildman–Crippen LogP) is 2.69. The fraction of sp³-hybridized carbons (Fsp3) is 0.733. The Kier molecular flexibility index (Phi) is 5.08. The van der Waals surface area contributed by atoms with Crippen LogP contribution in [0.15, 0.2) is 0 Å². The molecule has 1 aliphatic rings. The van der Waals surface area contributed by atoms with Crippen LogP contribution < -0.4 is 10.6 Å². The zero-order valence-corrected chi connectivity index (χ0v) is 14.2. The van der Waals surface area contributed by atoms with Gasteiger partial charge in [-0.1, -0.05) is 25.2 Å². The van der Waals surface area contributed by atoms with Crippen LogP contribution in [-0.4, -0.2) is 42.0 Å². The van der Waals surface area contributed by atoms with Crippen molar-refractivity contribution >= 4 is 28.2 Å². The lowest BCUT2D eigenvalue weighted by atomic mass is 9.95. The van der Waals surface area contributed by atoms with E-state index in [2.05, 4.69) is 37.6 Å². The number of amides is 1. The van der Waals surface area contributed by atoms with Crippen molar-refractivity contribution in [3.8, 4) is 0 Å². The minimum Gasteiger partial charge on any atom is -0.382 e. The minimum atomic E-state index is 0.0477. The highest BCUT2D eigenvalue weighted by molar-refractivity contribution is 7.18. The summed E-state index contributed by atoms with van der Waals surface area (Å²) >= 11 is 1.42. The normalized spacial score (nSPS) is 18.5. The maximum Gasteiger partial charge on any atom is 0.267 e. The second-order valence-corrected chi connectivity index (χ2v) is 6.90. The number of aromatic nitrogens is 1. The van der Waals surface area contributed by atoms with E-state index in [0.717, 1.165) is 37.7 Å². The van der Waals surface area contributed by atoms with Crippen LogP contribution in [0.1, 0.15) is 43.8 Å². The lowest BCUT2D eigenvalue weighted by Gasteiger charge is -2.18. The van der Waals surface area contributed by atoms with Gasteiger partial charge in [-0.05, 0) is 32.1 Å². The number of anilines is 2. The highest BCUT2D eigenvalue weighted by Crippen LogP contribution is 2.31. The van der Waals surface area contributed by atoms with E-state index in [1.807, 2.05) is 4.90 Å². The monoisotopic (exact) mass is 310 g/mol. The number of hydrogen-bond acceptors (Lipinski definition) is 5. The Morgan fingerprint density at radius 1 is 1.48 bits per heavy atom. The standard InChI is InChI=1S/C15H26N4OS/c1-5-18(6-2)15-17-13(16)12(21-15)14(20)19-8-7-11(9-19)10(3)4/h10-11H,5-9,16H2,1-4H3. The van der Waals surface area contributed by atoms with Crippen molar-refractivity contribution in [3.63, 3.8) is 0 Å². The number of carbonyl (C=O) groups is 1. The molecule has 1 aromatic rings. The first-order valence-electron chi connectivity index (χ1n) is 7.78. The molecule has 0 aromatic carbocycles. The summed E-state index contributed by atoms with van der Waals surface area (Å²) in [7, 11) is 0. The van der Waals surface area contributed by atoms with Gasteiger partial charge < -0.3 is 15.5 Å². The SMILES string of the molecule is CCN(CC)c1nc(N)c(C(=O)N2CCC(C(C)C)C2)s1. The molecule has 1 amide bonds. The van der Waals surface area contributed by atoms with Gasteiger partial charge in [0.05, 0.1) is 0 Å². The number of likely N-dealkylation sites (tertiary alicyclic amines) is 1. The molecule has 6 heteroatoms. The zero-order valence-electron chi connectivity index (χ0n) is 13.4. The van der Waals surface area contributed by atoms with Gasteiger partial charge in [-0.2, -0.15) is 0 Å². The van der Waals surface area contributed by atoms with Gasteiger partial charge in [0.15, 0.2) is 5.13 Å². The highest BCUT2D eigenvalue weighted by Gasteiger charge is 2.31. The topological polar surface area (TPSA) is 62.5 Å². The molecule has 1 aromatic heterocycles. The maximum atomic E-state index is 12.6. The molecule has 0 aliphatic carbocycles. The van der Waals surface area contributed by atoms with E-state index in [1.165, 1.54) is 11.3 Å². The summed E-state index contributed by atoms with van der Waals surface area (Å²) in [4.78, 5) is 21.7. The Morgan fingerprint density at radius 3 is 2.67 bits per heavy atom. The molecule has 21 heavy (non-hydrogen) atoms. The van der Waals surface area contributed by atoms with E-state index in [9.17, 15) is 4.79 Å². The Labute approximate surface area is 131 Å². The summed E-state index contributed by atoms with van der Waals surface area (Å²) in [6, 6.07) is 0. The molecule has 5 nitrogen and oxygen atoms in total. The quantitative estimate of drug-likeness (QED) is 0.908. The number of nitrogens with zero attached hydrogens (tertiary/aromatic N) is 3. The third-order valence-electron chi connectivity index (χ3n) is 4.33. The van der Waals surface area contributed by atoms with Crippen molar-refractivity contribution in [2.75, 3.05) is 36.8 Å². The first-order chi connectivity index (χ1) is 9.97. The van der Waals surface area contributed by atoms with Crippen LogP contribution in [0, 0.1) is 11.8 Å². The number of rotatable bonds is 5. The molecular weight excluding hydrogens is 284 g/mol. The van der Waals surface area contributed by atoms with E-state index in [4.69, 9.17) is 5.73 Å². The van der Waals surface area contributed by atoms with Gasteiger partial charge in [-0.3, -0.25) is 4.79 Å². The van der Waals surface area contributed by atoms with Gasteiger partial charge in [0.1, 0.15) is 10.7 Å². The fourth-order valence-corrected chi connectivity index (χ4v) is 3.84. The van der Waals surface area contributed by atoms with Crippen LogP contribution in [0.5, 0.6) is 0 Å². The Morgan fingerprint density at radius 2 is 2.14 bits per heavy atom.